The fourth-order valence-electron chi connectivity index (χ4n) is 2.19. The number of carbonyl (C=O) groups excluding carboxylic acids is 2. The van der Waals surface area contributed by atoms with Gasteiger partial charge in [0.2, 0.25) is 11.8 Å². The number of hydrogen-bond acceptors (Lipinski definition) is 2. The SMILES string of the molecule is CC(C)(C)C(=O)N[C@H]1CC[C@H](NC(=O)C(C)(C)C)CC1. The Morgan fingerprint density at radius 3 is 1.15 bits per heavy atom. The van der Waals surface area contributed by atoms with Crippen LogP contribution in [0.3, 0.4) is 0 Å². The molecule has 0 radical (unpaired) electrons. The van der Waals surface area contributed by atoms with Crippen LogP contribution in [0.1, 0.15) is 67.2 Å². The summed E-state index contributed by atoms with van der Waals surface area (Å²) in [5.41, 5.74) is -0.672. The fraction of sp³-hybridized carbons (Fsp3) is 0.875. The highest BCUT2D eigenvalue weighted by Gasteiger charge is 2.29. The van der Waals surface area contributed by atoms with Gasteiger partial charge in [0, 0.05) is 22.9 Å². The Morgan fingerprint density at radius 2 is 0.950 bits per heavy atom. The van der Waals surface area contributed by atoms with E-state index in [1.165, 1.54) is 0 Å². The summed E-state index contributed by atoms with van der Waals surface area (Å²) < 4.78 is 0. The minimum absolute atomic E-state index is 0.111. The van der Waals surface area contributed by atoms with Crippen molar-refractivity contribution in [1.82, 2.24) is 10.6 Å². The molecular formula is C16H30N2O2. The van der Waals surface area contributed by atoms with E-state index in [4.69, 9.17) is 0 Å². The Hall–Kier alpha value is -1.06. The van der Waals surface area contributed by atoms with Gasteiger partial charge in [-0.1, -0.05) is 41.5 Å². The molecule has 1 fully saturated rings. The molecule has 1 saturated carbocycles. The minimum atomic E-state index is -0.336. The second kappa shape index (κ2) is 6.15. The van der Waals surface area contributed by atoms with E-state index >= 15 is 0 Å². The first kappa shape index (κ1) is 17.0. The van der Waals surface area contributed by atoms with Gasteiger partial charge >= 0.3 is 0 Å². The molecule has 0 aromatic heterocycles. The van der Waals surface area contributed by atoms with Crippen molar-refractivity contribution in [1.29, 1.82) is 0 Å². The number of rotatable bonds is 2. The first-order valence-corrected chi connectivity index (χ1v) is 7.62. The van der Waals surface area contributed by atoms with E-state index in [1.54, 1.807) is 0 Å². The normalized spacial score (nSPS) is 24.1. The molecule has 20 heavy (non-hydrogen) atoms. The summed E-state index contributed by atoms with van der Waals surface area (Å²) in [5.74, 6) is 0.222. The summed E-state index contributed by atoms with van der Waals surface area (Å²) in [5, 5.41) is 6.22. The predicted octanol–water partition coefficient (Wildman–Crippen LogP) is 2.62. The molecule has 0 aliphatic heterocycles. The second-order valence-corrected chi connectivity index (χ2v) is 8.00. The lowest BCUT2D eigenvalue weighted by Crippen LogP contribution is -2.48. The predicted molar refractivity (Wildman–Crippen MR) is 81.2 cm³/mol. The van der Waals surface area contributed by atoms with Crippen LogP contribution < -0.4 is 10.6 Å². The molecule has 2 amide bonds. The average molecular weight is 282 g/mol. The summed E-state index contributed by atoms with van der Waals surface area (Å²) in [6.45, 7) is 11.6. The first-order chi connectivity index (χ1) is 9.00. The van der Waals surface area contributed by atoms with E-state index in [0.29, 0.717) is 0 Å². The zero-order chi connectivity index (χ0) is 15.6. The molecule has 0 heterocycles. The molecule has 4 heteroatoms. The van der Waals surface area contributed by atoms with Gasteiger partial charge < -0.3 is 10.6 Å². The maximum Gasteiger partial charge on any atom is 0.225 e. The standard InChI is InChI=1S/C16H30N2O2/c1-15(2,3)13(19)17-11-7-9-12(10-8-11)18-14(20)16(4,5)6/h11-12H,7-10H2,1-6H3,(H,17,19)(H,18,20)/t11-,12-. The van der Waals surface area contributed by atoms with Gasteiger partial charge in [0.25, 0.3) is 0 Å². The Balaban J connectivity index is 2.37. The molecule has 2 N–H and O–H groups in total. The van der Waals surface area contributed by atoms with Crippen LogP contribution in [0.15, 0.2) is 0 Å². The third-order valence-corrected chi connectivity index (χ3v) is 3.76. The molecule has 0 bridgehead atoms. The van der Waals surface area contributed by atoms with Gasteiger partial charge in [-0.15, -0.1) is 0 Å². The van der Waals surface area contributed by atoms with Crippen molar-refractivity contribution in [2.24, 2.45) is 10.8 Å². The third kappa shape index (κ3) is 5.14. The van der Waals surface area contributed by atoms with Crippen molar-refractivity contribution >= 4 is 11.8 Å². The second-order valence-electron chi connectivity index (χ2n) is 8.00. The molecule has 0 unspecified atom stereocenters. The van der Waals surface area contributed by atoms with Crippen LogP contribution in [-0.4, -0.2) is 23.9 Å². The minimum Gasteiger partial charge on any atom is -0.353 e. The van der Waals surface area contributed by atoms with Crippen LogP contribution in [0.2, 0.25) is 0 Å². The van der Waals surface area contributed by atoms with Crippen LogP contribution in [0.25, 0.3) is 0 Å². The number of nitrogens with one attached hydrogen (secondary N) is 2. The van der Waals surface area contributed by atoms with Crippen molar-refractivity contribution in [2.45, 2.75) is 79.3 Å². The van der Waals surface area contributed by atoms with Gasteiger partial charge in [0.1, 0.15) is 0 Å². The molecule has 4 nitrogen and oxygen atoms in total. The van der Waals surface area contributed by atoms with E-state index in [0.717, 1.165) is 25.7 Å². The van der Waals surface area contributed by atoms with Crippen molar-refractivity contribution in [2.75, 3.05) is 0 Å². The lowest BCUT2D eigenvalue weighted by atomic mass is 9.88. The van der Waals surface area contributed by atoms with Crippen molar-refractivity contribution in [3.63, 3.8) is 0 Å². The largest absolute Gasteiger partial charge is 0.353 e. The van der Waals surface area contributed by atoms with Crippen molar-refractivity contribution in [3.8, 4) is 0 Å². The molecule has 1 rings (SSSR count). The van der Waals surface area contributed by atoms with Gasteiger partial charge in [0.15, 0.2) is 0 Å². The summed E-state index contributed by atoms with van der Waals surface area (Å²) in [7, 11) is 0. The topological polar surface area (TPSA) is 58.2 Å². The van der Waals surface area contributed by atoms with E-state index in [9.17, 15) is 9.59 Å². The lowest BCUT2D eigenvalue weighted by Gasteiger charge is -2.32. The summed E-state index contributed by atoms with van der Waals surface area (Å²) in [6, 6.07) is 0.508. The number of carbonyl (C=O) groups is 2. The van der Waals surface area contributed by atoms with Gasteiger partial charge in [-0.3, -0.25) is 9.59 Å². The molecule has 116 valence electrons. The monoisotopic (exact) mass is 282 g/mol. The van der Waals surface area contributed by atoms with E-state index in [2.05, 4.69) is 10.6 Å². The molecule has 0 atom stereocenters. The van der Waals surface area contributed by atoms with Gasteiger partial charge in [-0.2, -0.15) is 0 Å². The maximum absolute atomic E-state index is 11.9. The molecule has 0 aromatic rings. The van der Waals surface area contributed by atoms with E-state index < -0.39 is 0 Å². The van der Waals surface area contributed by atoms with Crippen molar-refractivity contribution in [3.05, 3.63) is 0 Å². The summed E-state index contributed by atoms with van der Waals surface area (Å²) in [4.78, 5) is 23.9. The van der Waals surface area contributed by atoms with Crippen LogP contribution in [0, 0.1) is 10.8 Å². The first-order valence-electron chi connectivity index (χ1n) is 7.62. The Kier molecular flexibility index (Phi) is 5.22. The molecule has 0 aromatic carbocycles. The zero-order valence-electron chi connectivity index (χ0n) is 13.8. The molecule has 0 spiro atoms. The van der Waals surface area contributed by atoms with Crippen LogP contribution in [0.4, 0.5) is 0 Å². The maximum atomic E-state index is 11.9. The number of amides is 2. The van der Waals surface area contributed by atoms with Gasteiger partial charge in [-0.25, -0.2) is 0 Å². The molecule has 1 aliphatic carbocycles. The Morgan fingerprint density at radius 1 is 0.700 bits per heavy atom. The Bertz CT molecular complexity index is 320. The van der Waals surface area contributed by atoms with Gasteiger partial charge in [-0.05, 0) is 25.7 Å². The summed E-state index contributed by atoms with van der Waals surface area (Å²) >= 11 is 0. The lowest BCUT2D eigenvalue weighted by molar-refractivity contribution is -0.131. The van der Waals surface area contributed by atoms with Gasteiger partial charge in [0.05, 0.1) is 0 Å². The van der Waals surface area contributed by atoms with Crippen LogP contribution in [0.5, 0.6) is 0 Å². The fourth-order valence-corrected chi connectivity index (χ4v) is 2.19. The summed E-state index contributed by atoms with van der Waals surface area (Å²) in [6.07, 6.45) is 3.77. The third-order valence-electron chi connectivity index (χ3n) is 3.76. The van der Waals surface area contributed by atoms with E-state index in [-0.39, 0.29) is 34.7 Å². The highest BCUT2D eigenvalue weighted by molar-refractivity contribution is 5.82. The molecule has 0 saturated heterocycles. The highest BCUT2D eigenvalue weighted by atomic mass is 16.2. The van der Waals surface area contributed by atoms with E-state index in [1.807, 2.05) is 41.5 Å². The molecular weight excluding hydrogens is 252 g/mol. The zero-order valence-corrected chi connectivity index (χ0v) is 13.8. The average Bonchev–Trinajstić information content (AvgIpc) is 2.29. The van der Waals surface area contributed by atoms with Crippen LogP contribution >= 0.6 is 0 Å². The van der Waals surface area contributed by atoms with Crippen molar-refractivity contribution < 1.29 is 9.59 Å². The Labute approximate surface area is 123 Å². The number of hydrogen-bond donors (Lipinski definition) is 2. The molecule has 1 aliphatic rings. The quantitative estimate of drug-likeness (QED) is 0.818. The van der Waals surface area contributed by atoms with Crippen LogP contribution in [-0.2, 0) is 9.59 Å². The highest BCUT2D eigenvalue weighted by Crippen LogP contribution is 2.22. The smallest absolute Gasteiger partial charge is 0.225 e.